The van der Waals surface area contributed by atoms with Crippen LogP contribution in [0.3, 0.4) is 0 Å². The zero-order valence-corrected chi connectivity index (χ0v) is 17.6. The topological polar surface area (TPSA) is 0 Å². The Labute approximate surface area is 147 Å². The summed E-state index contributed by atoms with van der Waals surface area (Å²) in [5, 5.41) is 0. The van der Waals surface area contributed by atoms with Crippen molar-refractivity contribution in [1.82, 2.24) is 0 Å². The largest absolute Gasteiger partial charge is 0.130 e. The van der Waals surface area contributed by atoms with Crippen LogP contribution in [0.4, 0.5) is 0 Å². The fourth-order valence-electron chi connectivity index (χ4n) is 2.01. The Morgan fingerprint density at radius 1 is 1.23 bits per heavy atom. The molecule has 1 aliphatic heterocycles. The van der Waals surface area contributed by atoms with Crippen LogP contribution < -0.4 is 0 Å². The fraction of sp³-hybridized carbons (Fsp3) is 0.684. The molecule has 0 spiro atoms. The van der Waals surface area contributed by atoms with Crippen molar-refractivity contribution < 1.29 is 0 Å². The van der Waals surface area contributed by atoms with E-state index in [-0.39, 0.29) is 4.08 Å². The van der Waals surface area contributed by atoms with Crippen molar-refractivity contribution in [3.05, 3.63) is 11.6 Å². The van der Waals surface area contributed by atoms with Crippen molar-refractivity contribution >= 4 is 31.6 Å². The van der Waals surface area contributed by atoms with Crippen LogP contribution in [0.25, 0.3) is 0 Å². The maximum atomic E-state index is 3.54. The van der Waals surface area contributed by atoms with Gasteiger partial charge in [-0.25, -0.2) is 0 Å². The van der Waals surface area contributed by atoms with Crippen LogP contribution in [0.2, 0.25) is 19.6 Å². The second kappa shape index (κ2) is 9.17. The molecular formula is C19H30S2Si. The second-order valence-corrected chi connectivity index (χ2v) is 14.8. The molecule has 0 nitrogen and oxygen atoms in total. The van der Waals surface area contributed by atoms with Gasteiger partial charge in [-0.3, -0.25) is 0 Å². The lowest BCUT2D eigenvalue weighted by atomic mass is 10.1. The summed E-state index contributed by atoms with van der Waals surface area (Å²) in [6, 6.07) is 0. The molecule has 0 aromatic heterocycles. The number of hydrogen-bond acceptors (Lipinski definition) is 2. The summed E-state index contributed by atoms with van der Waals surface area (Å²) < 4.78 is 0.0958. The molecule has 1 saturated heterocycles. The third-order valence-electron chi connectivity index (χ3n) is 3.37. The van der Waals surface area contributed by atoms with E-state index in [0.29, 0.717) is 5.92 Å². The Hall–Kier alpha value is -0.223. The quantitative estimate of drug-likeness (QED) is 0.463. The Morgan fingerprint density at radius 3 is 2.36 bits per heavy atom. The lowest BCUT2D eigenvalue weighted by molar-refractivity contribution is 0.659. The molecule has 0 amide bonds. The monoisotopic (exact) mass is 350 g/mol. The predicted molar refractivity (Wildman–Crippen MR) is 109 cm³/mol. The van der Waals surface area contributed by atoms with E-state index in [2.05, 4.69) is 69.8 Å². The van der Waals surface area contributed by atoms with Crippen molar-refractivity contribution in [1.29, 1.82) is 0 Å². The van der Waals surface area contributed by atoms with E-state index in [4.69, 9.17) is 0 Å². The summed E-state index contributed by atoms with van der Waals surface area (Å²) in [7, 11) is -1.32. The van der Waals surface area contributed by atoms with Crippen LogP contribution in [0.5, 0.6) is 0 Å². The first-order chi connectivity index (χ1) is 10.3. The molecule has 1 aliphatic rings. The maximum Gasteiger partial charge on any atom is 0.129 e. The molecule has 0 bridgehead atoms. The summed E-state index contributed by atoms with van der Waals surface area (Å²) in [4.78, 5) is 0. The third kappa shape index (κ3) is 6.91. The van der Waals surface area contributed by atoms with Gasteiger partial charge < -0.3 is 0 Å². The number of allylic oxidation sites excluding steroid dienone is 2. The van der Waals surface area contributed by atoms with E-state index < -0.39 is 8.07 Å². The van der Waals surface area contributed by atoms with Crippen LogP contribution in [0, 0.1) is 29.2 Å². The molecule has 0 atom stereocenters. The van der Waals surface area contributed by atoms with Crippen molar-refractivity contribution in [2.75, 3.05) is 11.5 Å². The highest BCUT2D eigenvalue weighted by Gasteiger charge is 2.36. The minimum atomic E-state index is -1.32. The Kier molecular flexibility index (Phi) is 8.26. The van der Waals surface area contributed by atoms with Gasteiger partial charge in [0.1, 0.15) is 12.2 Å². The fourth-order valence-corrected chi connectivity index (χ4v) is 5.58. The van der Waals surface area contributed by atoms with Crippen molar-refractivity contribution in [2.24, 2.45) is 5.92 Å². The van der Waals surface area contributed by atoms with Gasteiger partial charge in [-0.15, -0.1) is 29.1 Å². The van der Waals surface area contributed by atoms with Gasteiger partial charge in [0.2, 0.25) is 0 Å². The zero-order chi connectivity index (χ0) is 16.6. The Balaban J connectivity index is 2.92. The molecule has 22 heavy (non-hydrogen) atoms. The van der Waals surface area contributed by atoms with Gasteiger partial charge in [0.25, 0.3) is 0 Å². The van der Waals surface area contributed by atoms with E-state index in [1.165, 1.54) is 29.9 Å². The predicted octanol–water partition coefficient (Wildman–Crippen LogP) is 5.82. The molecule has 0 saturated carbocycles. The highest BCUT2D eigenvalue weighted by molar-refractivity contribution is 8.21. The van der Waals surface area contributed by atoms with Crippen molar-refractivity contribution in [3.63, 3.8) is 0 Å². The molecule has 0 radical (unpaired) electrons. The molecule has 0 aromatic rings. The number of unbranched alkanes of at least 4 members (excludes halogenated alkanes) is 1. The number of hydrogen-bond donors (Lipinski definition) is 0. The third-order valence-corrected chi connectivity index (χ3v) is 8.03. The van der Waals surface area contributed by atoms with Crippen LogP contribution in [-0.4, -0.2) is 23.7 Å². The molecule has 1 fully saturated rings. The van der Waals surface area contributed by atoms with Gasteiger partial charge in [0.05, 0.1) is 0 Å². The summed E-state index contributed by atoms with van der Waals surface area (Å²) in [5.41, 5.74) is 4.71. The van der Waals surface area contributed by atoms with Crippen LogP contribution in [-0.2, 0) is 0 Å². The minimum absolute atomic E-state index is 0.0958. The highest BCUT2D eigenvalue weighted by Crippen LogP contribution is 2.48. The van der Waals surface area contributed by atoms with E-state index in [0.717, 1.165) is 6.42 Å². The number of thioether (sulfide) groups is 2. The van der Waals surface area contributed by atoms with E-state index in [1.807, 2.05) is 23.5 Å². The molecule has 122 valence electrons. The summed E-state index contributed by atoms with van der Waals surface area (Å²) in [6.45, 7) is 13.7. The molecular weight excluding hydrogens is 320 g/mol. The average Bonchev–Trinajstić information content (AvgIpc) is 2.90. The first-order valence-electron chi connectivity index (χ1n) is 8.32. The summed E-state index contributed by atoms with van der Waals surface area (Å²) >= 11 is 4.03. The minimum Gasteiger partial charge on any atom is -0.130 e. The van der Waals surface area contributed by atoms with Crippen molar-refractivity contribution in [3.8, 4) is 23.3 Å². The average molecular weight is 351 g/mol. The van der Waals surface area contributed by atoms with Gasteiger partial charge in [-0.05, 0) is 24.8 Å². The van der Waals surface area contributed by atoms with E-state index in [9.17, 15) is 0 Å². The molecule has 0 unspecified atom stereocenters. The second-order valence-electron chi connectivity index (χ2n) is 7.06. The van der Waals surface area contributed by atoms with Gasteiger partial charge in [-0.2, -0.15) is 0 Å². The standard InChI is InChI=1S/C19H30S2Si/c1-7-8-10-18(12-16-22(4,5)6)11-9-13-19(17(2)3)20-14-15-21-19/h11,17H,7-8,10,14-15H2,1-6H3/b18-11-. The van der Waals surface area contributed by atoms with Crippen molar-refractivity contribution in [2.45, 2.75) is 63.8 Å². The SMILES string of the molecule is CCCC/C(C#C[Si](C)(C)C)=C/C#CC1(C(C)C)SCCS1. The van der Waals surface area contributed by atoms with Gasteiger partial charge in [0.15, 0.2) is 0 Å². The highest BCUT2D eigenvalue weighted by atomic mass is 32.2. The maximum absolute atomic E-state index is 3.54. The van der Waals surface area contributed by atoms with E-state index >= 15 is 0 Å². The first kappa shape index (κ1) is 19.8. The molecule has 0 N–H and O–H groups in total. The normalized spacial score (nSPS) is 17.7. The van der Waals surface area contributed by atoms with Crippen LogP contribution in [0.15, 0.2) is 11.6 Å². The molecule has 3 heteroatoms. The molecule has 1 heterocycles. The number of rotatable bonds is 4. The lowest BCUT2D eigenvalue weighted by Gasteiger charge is -2.25. The molecule has 1 rings (SSSR count). The van der Waals surface area contributed by atoms with Gasteiger partial charge >= 0.3 is 0 Å². The van der Waals surface area contributed by atoms with Gasteiger partial charge in [-0.1, -0.05) is 64.6 Å². The lowest BCUT2D eigenvalue weighted by Crippen LogP contribution is -2.22. The zero-order valence-electron chi connectivity index (χ0n) is 15.0. The smallest absolute Gasteiger partial charge is 0.129 e. The van der Waals surface area contributed by atoms with Crippen LogP contribution in [0.1, 0.15) is 40.0 Å². The first-order valence-corrected chi connectivity index (χ1v) is 13.8. The molecule has 0 aliphatic carbocycles. The summed E-state index contributed by atoms with van der Waals surface area (Å²) in [5.74, 6) is 13.3. The Morgan fingerprint density at radius 2 is 1.86 bits per heavy atom. The summed E-state index contributed by atoms with van der Waals surface area (Å²) in [6.07, 6.45) is 5.57. The van der Waals surface area contributed by atoms with E-state index in [1.54, 1.807) is 0 Å². The molecule has 0 aromatic carbocycles. The van der Waals surface area contributed by atoms with Crippen LogP contribution >= 0.6 is 23.5 Å². The Bertz CT molecular complexity index is 498. The van der Waals surface area contributed by atoms with Gasteiger partial charge in [0, 0.05) is 17.1 Å².